The van der Waals surface area contributed by atoms with E-state index in [4.69, 9.17) is 16.3 Å². The molecule has 2 rings (SSSR count). The van der Waals surface area contributed by atoms with Crippen LogP contribution in [0.2, 0.25) is 5.15 Å². The second-order valence-electron chi connectivity index (χ2n) is 4.86. The fourth-order valence-electron chi connectivity index (χ4n) is 1.66. The van der Waals surface area contributed by atoms with Crippen LogP contribution in [0.15, 0.2) is 42.6 Å². The number of ether oxygens (including phenoxy) is 1. The summed E-state index contributed by atoms with van der Waals surface area (Å²) in [5, 5.41) is 10.3. The zero-order valence-electron chi connectivity index (χ0n) is 10.9. The van der Waals surface area contributed by atoms with Gasteiger partial charge < -0.3 is 9.84 Å². The first-order chi connectivity index (χ1) is 8.95. The normalized spacial score (nSPS) is 11.4. The highest BCUT2D eigenvalue weighted by Gasteiger charge is 2.15. The SMILES string of the molecule is CC(C)(O)c1ccc(OCc2ccnc(Cl)c2)cc1. The first-order valence-electron chi connectivity index (χ1n) is 6.01. The molecule has 0 atom stereocenters. The Balaban J connectivity index is 2.01. The van der Waals surface area contributed by atoms with Crippen LogP contribution in [0.3, 0.4) is 0 Å². The van der Waals surface area contributed by atoms with Gasteiger partial charge in [0, 0.05) is 6.20 Å². The van der Waals surface area contributed by atoms with Gasteiger partial charge in [-0.3, -0.25) is 0 Å². The Morgan fingerprint density at radius 3 is 2.47 bits per heavy atom. The van der Waals surface area contributed by atoms with Gasteiger partial charge in [-0.25, -0.2) is 4.98 Å². The highest BCUT2D eigenvalue weighted by atomic mass is 35.5. The molecule has 0 saturated carbocycles. The lowest BCUT2D eigenvalue weighted by Gasteiger charge is -2.18. The standard InChI is InChI=1S/C15H16ClNO2/c1-15(2,18)12-3-5-13(6-4-12)19-10-11-7-8-17-14(16)9-11/h3-9,18H,10H2,1-2H3. The van der Waals surface area contributed by atoms with Crippen LogP contribution in [0.5, 0.6) is 5.75 Å². The third-order valence-corrected chi connectivity index (χ3v) is 2.96. The molecule has 1 N–H and O–H groups in total. The maximum Gasteiger partial charge on any atom is 0.129 e. The molecule has 0 radical (unpaired) electrons. The molecule has 1 heterocycles. The quantitative estimate of drug-likeness (QED) is 0.869. The minimum Gasteiger partial charge on any atom is -0.489 e. The highest BCUT2D eigenvalue weighted by molar-refractivity contribution is 6.29. The monoisotopic (exact) mass is 277 g/mol. The van der Waals surface area contributed by atoms with E-state index in [-0.39, 0.29) is 0 Å². The van der Waals surface area contributed by atoms with Gasteiger partial charge in [0.2, 0.25) is 0 Å². The molecular formula is C15H16ClNO2. The second kappa shape index (κ2) is 5.59. The highest BCUT2D eigenvalue weighted by Crippen LogP contribution is 2.22. The van der Waals surface area contributed by atoms with Crippen LogP contribution in [-0.4, -0.2) is 10.1 Å². The summed E-state index contributed by atoms with van der Waals surface area (Å²) in [6.45, 7) is 3.94. The van der Waals surface area contributed by atoms with Crippen LogP contribution < -0.4 is 4.74 Å². The first kappa shape index (κ1) is 13.8. The lowest BCUT2D eigenvalue weighted by Crippen LogP contribution is -2.14. The summed E-state index contributed by atoms with van der Waals surface area (Å²) < 4.78 is 5.65. The molecule has 2 aromatic rings. The Labute approximate surface area is 117 Å². The van der Waals surface area contributed by atoms with Gasteiger partial charge in [0.05, 0.1) is 5.60 Å². The molecule has 19 heavy (non-hydrogen) atoms. The van der Waals surface area contributed by atoms with Crippen LogP contribution in [0, 0.1) is 0 Å². The number of pyridine rings is 1. The van der Waals surface area contributed by atoms with Crippen LogP contribution in [-0.2, 0) is 12.2 Å². The summed E-state index contributed by atoms with van der Waals surface area (Å²) >= 11 is 5.80. The van der Waals surface area contributed by atoms with Crippen LogP contribution in [0.25, 0.3) is 0 Å². The maximum absolute atomic E-state index is 9.86. The smallest absolute Gasteiger partial charge is 0.129 e. The molecule has 1 aromatic heterocycles. The van der Waals surface area contributed by atoms with Gasteiger partial charge in [-0.05, 0) is 49.2 Å². The van der Waals surface area contributed by atoms with Crippen molar-refractivity contribution >= 4 is 11.6 Å². The number of benzene rings is 1. The van der Waals surface area contributed by atoms with Gasteiger partial charge in [-0.2, -0.15) is 0 Å². The van der Waals surface area contributed by atoms with Gasteiger partial charge in [0.25, 0.3) is 0 Å². The van der Waals surface area contributed by atoms with Crippen LogP contribution in [0.1, 0.15) is 25.0 Å². The average molecular weight is 278 g/mol. The zero-order valence-corrected chi connectivity index (χ0v) is 11.7. The molecule has 3 nitrogen and oxygen atoms in total. The molecule has 0 bridgehead atoms. The third-order valence-electron chi connectivity index (χ3n) is 2.76. The number of hydrogen-bond donors (Lipinski definition) is 1. The van der Waals surface area contributed by atoms with Crippen molar-refractivity contribution in [3.05, 3.63) is 58.9 Å². The van der Waals surface area contributed by atoms with E-state index in [2.05, 4.69) is 4.98 Å². The van der Waals surface area contributed by atoms with Crippen molar-refractivity contribution in [1.82, 2.24) is 4.98 Å². The van der Waals surface area contributed by atoms with E-state index in [0.717, 1.165) is 16.9 Å². The van der Waals surface area contributed by atoms with Gasteiger partial charge >= 0.3 is 0 Å². The maximum atomic E-state index is 9.86. The van der Waals surface area contributed by atoms with Gasteiger partial charge in [-0.15, -0.1) is 0 Å². The van der Waals surface area contributed by atoms with Crippen molar-refractivity contribution in [3.8, 4) is 5.75 Å². The third kappa shape index (κ3) is 3.94. The number of aromatic nitrogens is 1. The summed E-state index contributed by atoms with van der Waals surface area (Å²) in [7, 11) is 0. The van der Waals surface area contributed by atoms with E-state index in [0.29, 0.717) is 11.8 Å². The lowest BCUT2D eigenvalue weighted by molar-refractivity contribution is 0.0785. The van der Waals surface area contributed by atoms with Gasteiger partial charge in [-0.1, -0.05) is 23.7 Å². The molecule has 0 aliphatic carbocycles. The predicted molar refractivity (Wildman–Crippen MR) is 75.3 cm³/mol. The molecule has 100 valence electrons. The minimum atomic E-state index is -0.836. The topological polar surface area (TPSA) is 42.4 Å². The van der Waals surface area contributed by atoms with Crippen LogP contribution in [0.4, 0.5) is 0 Å². The molecule has 0 amide bonds. The first-order valence-corrected chi connectivity index (χ1v) is 6.39. The summed E-state index contributed by atoms with van der Waals surface area (Å²) in [5.74, 6) is 0.751. The molecule has 0 unspecified atom stereocenters. The van der Waals surface area contributed by atoms with Gasteiger partial charge in [0.15, 0.2) is 0 Å². The number of nitrogens with zero attached hydrogens (tertiary/aromatic N) is 1. The van der Waals surface area contributed by atoms with E-state index in [1.807, 2.05) is 30.3 Å². The van der Waals surface area contributed by atoms with Crippen molar-refractivity contribution in [2.24, 2.45) is 0 Å². The predicted octanol–water partition coefficient (Wildman–Crippen LogP) is 3.54. The fourth-order valence-corrected chi connectivity index (χ4v) is 1.85. The Morgan fingerprint density at radius 1 is 1.21 bits per heavy atom. The van der Waals surface area contributed by atoms with E-state index in [1.54, 1.807) is 26.1 Å². The summed E-state index contributed by atoms with van der Waals surface area (Å²) in [5.41, 5.74) is 0.982. The largest absolute Gasteiger partial charge is 0.489 e. The zero-order chi connectivity index (χ0) is 13.9. The summed E-state index contributed by atoms with van der Waals surface area (Å²) in [4.78, 5) is 3.92. The Kier molecular flexibility index (Phi) is 4.08. The lowest BCUT2D eigenvalue weighted by atomic mass is 9.99. The van der Waals surface area contributed by atoms with Crippen molar-refractivity contribution < 1.29 is 9.84 Å². The molecular weight excluding hydrogens is 262 g/mol. The van der Waals surface area contributed by atoms with E-state index >= 15 is 0 Å². The Hall–Kier alpha value is -1.58. The fraction of sp³-hybridized carbons (Fsp3) is 0.267. The van der Waals surface area contributed by atoms with Crippen molar-refractivity contribution in [2.75, 3.05) is 0 Å². The van der Waals surface area contributed by atoms with Crippen molar-refractivity contribution in [2.45, 2.75) is 26.1 Å². The molecule has 0 saturated heterocycles. The average Bonchev–Trinajstić information content (AvgIpc) is 2.36. The van der Waals surface area contributed by atoms with E-state index < -0.39 is 5.60 Å². The van der Waals surface area contributed by atoms with Crippen molar-refractivity contribution in [3.63, 3.8) is 0 Å². The molecule has 0 aliphatic rings. The second-order valence-corrected chi connectivity index (χ2v) is 5.25. The summed E-state index contributed by atoms with van der Waals surface area (Å²) in [6.07, 6.45) is 1.65. The molecule has 0 aliphatic heterocycles. The minimum absolute atomic E-state index is 0.435. The summed E-state index contributed by atoms with van der Waals surface area (Å²) in [6, 6.07) is 11.0. The molecule has 1 aromatic carbocycles. The molecule has 0 spiro atoms. The van der Waals surface area contributed by atoms with Crippen molar-refractivity contribution in [1.29, 1.82) is 0 Å². The number of aliphatic hydroxyl groups is 1. The van der Waals surface area contributed by atoms with Gasteiger partial charge in [0.1, 0.15) is 17.5 Å². The number of halogens is 1. The van der Waals surface area contributed by atoms with Crippen LogP contribution >= 0.6 is 11.6 Å². The Bertz CT molecular complexity index is 547. The number of rotatable bonds is 4. The Morgan fingerprint density at radius 2 is 1.89 bits per heavy atom. The number of hydrogen-bond acceptors (Lipinski definition) is 3. The molecule has 0 fully saturated rings. The molecule has 4 heteroatoms. The van der Waals surface area contributed by atoms with E-state index in [1.165, 1.54) is 0 Å². The van der Waals surface area contributed by atoms with E-state index in [9.17, 15) is 5.11 Å².